The summed E-state index contributed by atoms with van der Waals surface area (Å²) in [6.07, 6.45) is 3.80. The highest BCUT2D eigenvalue weighted by Crippen LogP contribution is 2.25. The first-order valence-corrected chi connectivity index (χ1v) is 6.60. The summed E-state index contributed by atoms with van der Waals surface area (Å²) in [6.45, 7) is 12.8. The minimum atomic E-state index is 0.209. The van der Waals surface area contributed by atoms with Crippen LogP contribution in [0.5, 0.6) is 0 Å². The van der Waals surface area contributed by atoms with Crippen molar-refractivity contribution in [2.75, 3.05) is 18.5 Å². The second-order valence-corrected chi connectivity index (χ2v) is 5.82. The van der Waals surface area contributed by atoms with E-state index in [0.29, 0.717) is 6.04 Å². The number of anilines is 1. The number of hydrogen-bond acceptors (Lipinski definition) is 4. The first-order valence-electron chi connectivity index (χ1n) is 6.60. The lowest BCUT2D eigenvalue weighted by Crippen LogP contribution is -2.40. The molecule has 1 unspecified atom stereocenters. The Hall–Kier alpha value is -1.16. The molecule has 0 saturated heterocycles. The highest BCUT2D eigenvalue weighted by Gasteiger charge is 2.25. The van der Waals surface area contributed by atoms with Crippen LogP contribution in [-0.2, 0) is 6.54 Å². The first-order chi connectivity index (χ1) is 8.36. The summed E-state index contributed by atoms with van der Waals surface area (Å²) >= 11 is 0. The van der Waals surface area contributed by atoms with Crippen LogP contribution in [0.3, 0.4) is 0 Å². The van der Waals surface area contributed by atoms with Gasteiger partial charge in [0.15, 0.2) is 0 Å². The average Bonchev–Trinajstić information content (AvgIpc) is 2.34. The summed E-state index contributed by atoms with van der Waals surface area (Å²) in [6, 6.07) is 0.386. The zero-order chi connectivity index (χ0) is 13.8. The third kappa shape index (κ3) is 3.95. The Bertz CT molecular complexity index is 353. The molecule has 0 aromatic carbocycles. The van der Waals surface area contributed by atoms with Crippen molar-refractivity contribution in [2.24, 2.45) is 5.41 Å². The minimum absolute atomic E-state index is 0.209. The molecule has 1 aromatic heterocycles. The van der Waals surface area contributed by atoms with E-state index in [1.807, 2.05) is 12.4 Å². The maximum atomic E-state index is 4.44. The Morgan fingerprint density at radius 3 is 2.28 bits per heavy atom. The van der Waals surface area contributed by atoms with E-state index in [1.54, 1.807) is 0 Å². The molecule has 0 radical (unpaired) electrons. The molecule has 0 bridgehead atoms. The van der Waals surface area contributed by atoms with Crippen molar-refractivity contribution < 1.29 is 0 Å². The van der Waals surface area contributed by atoms with Crippen molar-refractivity contribution in [3.8, 4) is 0 Å². The predicted molar refractivity (Wildman–Crippen MR) is 76.7 cm³/mol. The second-order valence-electron chi connectivity index (χ2n) is 5.82. The van der Waals surface area contributed by atoms with E-state index >= 15 is 0 Å². The van der Waals surface area contributed by atoms with Gasteiger partial charge in [-0.2, -0.15) is 0 Å². The van der Waals surface area contributed by atoms with Crippen LogP contribution in [0.4, 0.5) is 5.95 Å². The molecule has 4 nitrogen and oxygen atoms in total. The molecule has 102 valence electrons. The Morgan fingerprint density at radius 1 is 1.28 bits per heavy atom. The monoisotopic (exact) mass is 250 g/mol. The molecular formula is C14H26N4. The third-order valence-electron chi connectivity index (χ3n) is 3.42. The topological polar surface area (TPSA) is 41.1 Å². The molecular weight excluding hydrogens is 224 g/mol. The fourth-order valence-corrected chi connectivity index (χ4v) is 1.64. The number of nitrogens with one attached hydrogen (secondary N) is 1. The largest absolute Gasteiger partial charge is 0.341 e. The van der Waals surface area contributed by atoms with Crippen LogP contribution >= 0.6 is 0 Å². The van der Waals surface area contributed by atoms with Crippen molar-refractivity contribution in [3.05, 3.63) is 18.0 Å². The Labute approximate surface area is 111 Å². The molecule has 1 N–H and O–H groups in total. The highest BCUT2D eigenvalue weighted by molar-refractivity contribution is 5.30. The van der Waals surface area contributed by atoms with Gasteiger partial charge in [-0.3, -0.25) is 0 Å². The van der Waals surface area contributed by atoms with Gasteiger partial charge in [0.25, 0.3) is 0 Å². The van der Waals surface area contributed by atoms with Crippen molar-refractivity contribution in [1.29, 1.82) is 0 Å². The summed E-state index contributed by atoms with van der Waals surface area (Å²) in [5.41, 5.74) is 1.33. The lowest BCUT2D eigenvalue weighted by atomic mass is 9.87. The van der Waals surface area contributed by atoms with Crippen LogP contribution in [0.1, 0.15) is 40.2 Å². The molecule has 0 aliphatic heterocycles. The van der Waals surface area contributed by atoms with Gasteiger partial charge in [-0.15, -0.1) is 0 Å². The molecule has 0 fully saturated rings. The standard InChI is InChI=1S/C14H26N4/c1-7-15-8-12-9-16-13(17-10-12)18(6)11(2)14(3,4)5/h9-11,15H,7-8H2,1-6H3. The lowest BCUT2D eigenvalue weighted by Gasteiger charge is -2.35. The predicted octanol–water partition coefficient (Wildman–Crippen LogP) is 2.46. The molecule has 1 atom stereocenters. The molecule has 1 heterocycles. The smallest absolute Gasteiger partial charge is 0.225 e. The van der Waals surface area contributed by atoms with Gasteiger partial charge in [0.05, 0.1) is 0 Å². The Kier molecular flexibility index (Phi) is 5.08. The van der Waals surface area contributed by atoms with E-state index in [2.05, 4.69) is 61.9 Å². The van der Waals surface area contributed by atoms with Crippen molar-refractivity contribution in [1.82, 2.24) is 15.3 Å². The van der Waals surface area contributed by atoms with Crippen molar-refractivity contribution >= 4 is 5.95 Å². The highest BCUT2D eigenvalue weighted by atomic mass is 15.3. The van der Waals surface area contributed by atoms with Crippen LogP contribution in [0, 0.1) is 5.41 Å². The summed E-state index contributed by atoms with van der Waals surface area (Å²) < 4.78 is 0. The molecule has 0 aliphatic carbocycles. The number of nitrogens with zero attached hydrogens (tertiary/aromatic N) is 3. The van der Waals surface area contributed by atoms with Crippen LogP contribution in [0.25, 0.3) is 0 Å². The van der Waals surface area contributed by atoms with Gasteiger partial charge in [-0.1, -0.05) is 27.7 Å². The van der Waals surface area contributed by atoms with Gasteiger partial charge in [0.1, 0.15) is 0 Å². The quantitative estimate of drug-likeness (QED) is 0.871. The molecule has 18 heavy (non-hydrogen) atoms. The van der Waals surface area contributed by atoms with Crippen LogP contribution < -0.4 is 10.2 Å². The van der Waals surface area contributed by atoms with E-state index in [0.717, 1.165) is 24.6 Å². The molecule has 0 spiro atoms. The average molecular weight is 250 g/mol. The third-order valence-corrected chi connectivity index (χ3v) is 3.42. The molecule has 0 saturated carbocycles. The molecule has 1 rings (SSSR count). The van der Waals surface area contributed by atoms with E-state index < -0.39 is 0 Å². The fourth-order valence-electron chi connectivity index (χ4n) is 1.64. The summed E-state index contributed by atoms with van der Waals surface area (Å²) in [5.74, 6) is 0.790. The molecule has 0 amide bonds. The summed E-state index contributed by atoms with van der Waals surface area (Å²) in [5, 5.41) is 3.27. The van der Waals surface area contributed by atoms with Gasteiger partial charge in [0.2, 0.25) is 5.95 Å². The zero-order valence-corrected chi connectivity index (χ0v) is 12.5. The fraction of sp³-hybridized carbons (Fsp3) is 0.714. The van der Waals surface area contributed by atoms with Crippen LogP contribution in [0.2, 0.25) is 0 Å². The normalized spacial score (nSPS) is 13.4. The van der Waals surface area contributed by atoms with Gasteiger partial charge in [0, 0.05) is 37.6 Å². The summed E-state index contributed by atoms with van der Waals surface area (Å²) in [7, 11) is 2.05. The zero-order valence-electron chi connectivity index (χ0n) is 12.5. The van der Waals surface area contributed by atoms with Crippen molar-refractivity contribution in [2.45, 2.75) is 47.2 Å². The maximum absolute atomic E-state index is 4.44. The van der Waals surface area contributed by atoms with Gasteiger partial charge >= 0.3 is 0 Å². The molecule has 0 aliphatic rings. The van der Waals surface area contributed by atoms with Crippen LogP contribution in [0.15, 0.2) is 12.4 Å². The molecule has 4 heteroatoms. The minimum Gasteiger partial charge on any atom is -0.341 e. The number of aromatic nitrogens is 2. The van der Waals surface area contributed by atoms with E-state index in [-0.39, 0.29) is 5.41 Å². The number of hydrogen-bond donors (Lipinski definition) is 1. The second kappa shape index (κ2) is 6.14. The molecule has 1 aromatic rings. The number of rotatable bonds is 5. The van der Waals surface area contributed by atoms with Crippen LogP contribution in [-0.4, -0.2) is 29.6 Å². The van der Waals surface area contributed by atoms with E-state index in [1.165, 1.54) is 0 Å². The Morgan fingerprint density at radius 2 is 1.83 bits per heavy atom. The van der Waals surface area contributed by atoms with E-state index in [9.17, 15) is 0 Å². The Balaban J connectivity index is 2.72. The van der Waals surface area contributed by atoms with Gasteiger partial charge in [-0.05, 0) is 18.9 Å². The SMILES string of the molecule is CCNCc1cnc(N(C)C(C)C(C)(C)C)nc1. The van der Waals surface area contributed by atoms with Crippen molar-refractivity contribution in [3.63, 3.8) is 0 Å². The van der Waals surface area contributed by atoms with Gasteiger partial charge < -0.3 is 10.2 Å². The lowest BCUT2D eigenvalue weighted by molar-refractivity contribution is 0.327. The van der Waals surface area contributed by atoms with E-state index in [4.69, 9.17) is 0 Å². The maximum Gasteiger partial charge on any atom is 0.225 e. The first kappa shape index (κ1) is 14.9. The van der Waals surface area contributed by atoms with Gasteiger partial charge in [-0.25, -0.2) is 9.97 Å². The summed E-state index contributed by atoms with van der Waals surface area (Å²) in [4.78, 5) is 11.0.